The lowest BCUT2D eigenvalue weighted by atomic mass is 9.97. The van der Waals surface area contributed by atoms with Gasteiger partial charge in [0.15, 0.2) is 5.78 Å². The van der Waals surface area contributed by atoms with E-state index in [1.807, 2.05) is 0 Å². The van der Waals surface area contributed by atoms with Crippen LogP contribution in [0.25, 0.3) is 0 Å². The first-order valence-corrected chi connectivity index (χ1v) is 9.30. The van der Waals surface area contributed by atoms with E-state index in [4.69, 9.17) is 4.74 Å². The van der Waals surface area contributed by atoms with Crippen molar-refractivity contribution >= 4 is 22.8 Å². The molecule has 0 heterocycles. The number of anilines is 1. The van der Waals surface area contributed by atoms with Crippen molar-refractivity contribution in [3.8, 4) is 5.75 Å². The summed E-state index contributed by atoms with van der Waals surface area (Å²) in [7, 11) is 1.54. The van der Waals surface area contributed by atoms with Crippen LogP contribution in [-0.4, -0.2) is 22.7 Å². The van der Waals surface area contributed by atoms with Crippen molar-refractivity contribution in [3.05, 3.63) is 104 Å². The van der Waals surface area contributed by atoms with Crippen molar-refractivity contribution in [2.75, 3.05) is 12.4 Å². The Morgan fingerprint density at radius 3 is 1.87 bits per heavy atom. The van der Waals surface area contributed by atoms with E-state index in [1.165, 1.54) is 31.4 Å². The second-order valence-electron chi connectivity index (χ2n) is 6.71. The molecule has 1 unspecified atom stereocenters. The number of nitrogens with zero attached hydrogens (tertiary/aromatic N) is 2. The highest BCUT2D eigenvalue weighted by molar-refractivity contribution is 5.96. The summed E-state index contributed by atoms with van der Waals surface area (Å²) in [5.41, 5.74) is 1.64. The number of hydrogen-bond acceptors (Lipinski definition) is 7. The van der Waals surface area contributed by atoms with Crippen LogP contribution in [0, 0.1) is 20.2 Å². The average molecular weight is 421 g/mol. The molecule has 9 nitrogen and oxygen atoms in total. The third-order valence-electron chi connectivity index (χ3n) is 4.73. The van der Waals surface area contributed by atoms with E-state index in [0.29, 0.717) is 22.6 Å². The molecule has 1 atom stereocenters. The molecule has 0 amide bonds. The van der Waals surface area contributed by atoms with E-state index >= 15 is 0 Å². The molecule has 0 aliphatic heterocycles. The molecule has 9 heteroatoms. The monoisotopic (exact) mass is 421 g/mol. The van der Waals surface area contributed by atoms with Gasteiger partial charge < -0.3 is 10.1 Å². The zero-order chi connectivity index (χ0) is 22.4. The summed E-state index contributed by atoms with van der Waals surface area (Å²) in [6.45, 7) is 0. The largest absolute Gasteiger partial charge is 0.497 e. The molecule has 0 radical (unpaired) electrons. The first kappa shape index (κ1) is 21.4. The molecule has 3 aromatic carbocycles. The minimum atomic E-state index is -0.503. The summed E-state index contributed by atoms with van der Waals surface area (Å²) >= 11 is 0. The molecular formula is C22H19N3O6. The molecule has 0 bridgehead atoms. The number of Topliss-reactive ketones (excluding diaryl/α,β-unsaturated/α-hetero) is 1. The van der Waals surface area contributed by atoms with Gasteiger partial charge >= 0.3 is 0 Å². The fourth-order valence-electron chi connectivity index (χ4n) is 3.04. The molecule has 31 heavy (non-hydrogen) atoms. The van der Waals surface area contributed by atoms with Crippen LogP contribution in [0.3, 0.4) is 0 Å². The molecule has 0 spiro atoms. The van der Waals surface area contributed by atoms with Crippen molar-refractivity contribution in [1.82, 2.24) is 0 Å². The number of carbonyl (C=O) groups is 1. The van der Waals surface area contributed by atoms with Gasteiger partial charge in [-0.15, -0.1) is 0 Å². The minimum Gasteiger partial charge on any atom is -0.497 e. The van der Waals surface area contributed by atoms with Gasteiger partial charge in [0.05, 0.1) is 23.0 Å². The van der Waals surface area contributed by atoms with Crippen LogP contribution in [0.4, 0.5) is 17.1 Å². The Bertz CT molecular complexity index is 1080. The van der Waals surface area contributed by atoms with Crippen LogP contribution >= 0.6 is 0 Å². The highest BCUT2D eigenvalue weighted by atomic mass is 16.6. The number of benzene rings is 3. The summed E-state index contributed by atoms with van der Waals surface area (Å²) in [6, 6.07) is 18.0. The van der Waals surface area contributed by atoms with E-state index in [1.54, 1.807) is 48.5 Å². The molecule has 0 fully saturated rings. The standard InChI is InChI=1S/C22H19N3O6/c1-31-20-12-4-16(5-13-20)22(26)14-21(15-2-8-18(9-3-15)24(27)28)23-17-6-10-19(11-7-17)25(29)30/h2-13,21,23H,14H2,1H3. The van der Waals surface area contributed by atoms with E-state index in [2.05, 4.69) is 5.32 Å². The van der Waals surface area contributed by atoms with E-state index in [9.17, 15) is 25.0 Å². The number of nitro groups is 2. The third-order valence-corrected chi connectivity index (χ3v) is 4.73. The summed E-state index contributed by atoms with van der Waals surface area (Å²) in [4.78, 5) is 33.7. The van der Waals surface area contributed by atoms with Crippen LogP contribution in [0.5, 0.6) is 5.75 Å². The minimum absolute atomic E-state index is 0.0493. The Morgan fingerprint density at radius 1 is 0.871 bits per heavy atom. The number of carbonyl (C=O) groups excluding carboxylic acids is 1. The fourth-order valence-corrected chi connectivity index (χ4v) is 3.04. The first-order valence-electron chi connectivity index (χ1n) is 9.30. The maximum Gasteiger partial charge on any atom is 0.269 e. The van der Waals surface area contributed by atoms with Crippen LogP contribution in [-0.2, 0) is 0 Å². The molecule has 0 saturated carbocycles. The van der Waals surface area contributed by atoms with E-state index < -0.39 is 15.9 Å². The number of ketones is 1. The maximum absolute atomic E-state index is 12.9. The second-order valence-corrected chi connectivity index (χ2v) is 6.71. The zero-order valence-electron chi connectivity index (χ0n) is 16.6. The molecule has 0 aliphatic carbocycles. The SMILES string of the molecule is COc1ccc(C(=O)CC(Nc2ccc([N+](=O)[O-])cc2)c2ccc([N+](=O)[O-])cc2)cc1. The lowest BCUT2D eigenvalue weighted by Gasteiger charge is -2.20. The summed E-state index contributed by atoms with van der Waals surface area (Å²) < 4.78 is 5.11. The molecule has 1 N–H and O–H groups in total. The summed E-state index contributed by atoms with van der Waals surface area (Å²) in [6.07, 6.45) is 0.0706. The normalized spacial score (nSPS) is 11.4. The highest BCUT2D eigenvalue weighted by Crippen LogP contribution is 2.27. The van der Waals surface area contributed by atoms with Crippen molar-refractivity contribution in [2.24, 2.45) is 0 Å². The van der Waals surface area contributed by atoms with Crippen LogP contribution in [0.2, 0.25) is 0 Å². The fraction of sp³-hybridized carbons (Fsp3) is 0.136. The van der Waals surface area contributed by atoms with Crippen LogP contribution in [0.15, 0.2) is 72.8 Å². The molecule has 0 aliphatic rings. The van der Waals surface area contributed by atoms with Gasteiger partial charge in [0.25, 0.3) is 11.4 Å². The predicted octanol–water partition coefficient (Wildman–Crippen LogP) is 4.94. The van der Waals surface area contributed by atoms with Crippen LogP contribution in [0.1, 0.15) is 28.4 Å². The molecule has 0 saturated heterocycles. The Hall–Kier alpha value is -4.27. The third kappa shape index (κ3) is 5.41. The Kier molecular flexibility index (Phi) is 6.56. The van der Waals surface area contributed by atoms with Gasteiger partial charge in [-0.25, -0.2) is 0 Å². The van der Waals surface area contributed by atoms with Crippen molar-refractivity contribution in [2.45, 2.75) is 12.5 Å². The van der Waals surface area contributed by atoms with E-state index in [-0.39, 0.29) is 23.6 Å². The Morgan fingerprint density at radius 2 is 1.39 bits per heavy atom. The lowest BCUT2D eigenvalue weighted by molar-refractivity contribution is -0.385. The summed E-state index contributed by atoms with van der Waals surface area (Å²) in [5.74, 6) is 0.493. The lowest BCUT2D eigenvalue weighted by Crippen LogP contribution is -2.16. The van der Waals surface area contributed by atoms with Crippen molar-refractivity contribution in [1.29, 1.82) is 0 Å². The Balaban J connectivity index is 1.86. The zero-order valence-corrected chi connectivity index (χ0v) is 16.6. The van der Waals surface area contributed by atoms with Crippen molar-refractivity contribution < 1.29 is 19.4 Å². The van der Waals surface area contributed by atoms with Gasteiger partial charge in [-0.2, -0.15) is 0 Å². The number of nitrogens with one attached hydrogen (secondary N) is 1. The molecule has 0 aromatic heterocycles. The smallest absolute Gasteiger partial charge is 0.269 e. The van der Waals surface area contributed by atoms with Crippen molar-refractivity contribution in [3.63, 3.8) is 0 Å². The quantitative estimate of drug-likeness (QED) is 0.295. The topological polar surface area (TPSA) is 125 Å². The van der Waals surface area contributed by atoms with E-state index in [0.717, 1.165) is 0 Å². The first-order chi connectivity index (χ1) is 14.9. The van der Waals surface area contributed by atoms with Gasteiger partial charge in [-0.05, 0) is 42.0 Å². The summed E-state index contributed by atoms with van der Waals surface area (Å²) in [5, 5.41) is 25.0. The number of rotatable bonds is 9. The molecular weight excluding hydrogens is 402 g/mol. The molecule has 158 valence electrons. The van der Waals surface area contributed by atoms with Gasteiger partial charge in [0.2, 0.25) is 0 Å². The number of non-ortho nitro benzene ring substituents is 2. The highest BCUT2D eigenvalue weighted by Gasteiger charge is 2.19. The number of nitro benzene ring substituents is 2. The van der Waals surface area contributed by atoms with Gasteiger partial charge in [0, 0.05) is 41.9 Å². The Labute approximate surface area is 177 Å². The van der Waals surface area contributed by atoms with Gasteiger partial charge in [-0.3, -0.25) is 25.0 Å². The van der Waals surface area contributed by atoms with Gasteiger partial charge in [0.1, 0.15) is 5.75 Å². The molecule has 3 rings (SSSR count). The van der Waals surface area contributed by atoms with Gasteiger partial charge in [-0.1, -0.05) is 12.1 Å². The average Bonchev–Trinajstić information content (AvgIpc) is 2.79. The maximum atomic E-state index is 12.9. The molecule has 3 aromatic rings. The number of hydrogen-bond donors (Lipinski definition) is 1. The predicted molar refractivity (Wildman–Crippen MR) is 114 cm³/mol. The number of methoxy groups -OCH3 is 1. The van der Waals surface area contributed by atoms with Crippen LogP contribution < -0.4 is 10.1 Å². The second kappa shape index (κ2) is 9.49. The number of ether oxygens (including phenoxy) is 1.